The molecule has 3 rings (SSSR count). The highest BCUT2D eigenvalue weighted by Crippen LogP contribution is 2.28. The number of halogens is 1. The van der Waals surface area contributed by atoms with Crippen molar-refractivity contribution < 1.29 is 0 Å². The van der Waals surface area contributed by atoms with Crippen LogP contribution in [0.5, 0.6) is 0 Å². The highest BCUT2D eigenvalue weighted by molar-refractivity contribution is 6.30. The summed E-state index contributed by atoms with van der Waals surface area (Å²) in [5.41, 5.74) is 3.36. The van der Waals surface area contributed by atoms with Gasteiger partial charge in [-0.05, 0) is 42.4 Å². The fourth-order valence-electron chi connectivity index (χ4n) is 2.56. The van der Waals surface area contributed by atoms with E-state index in [1.807, 2.05) is 49.6 Å². The van der Waals surface area contributed by atoms with Crippen LogP contribution in [0.25, 0.3) is 10.9 Å². The maximum absolute atomic E-state index is 6.11. The zero-order valence-corrected chi connectivity index (χ0v) is 11.9. The van der Waals surface area contributed by atoms with Crippen molar-refractivity contribution in [1.82, 2.24) is 10.3 Å². The first-order valence-corrected chi connectivity index (χ1v) is 6.94. The van der Waals surface area contributed by atoms with E-state index < -0.39 is 0 Å². The highest BCUT2D eigenvalue weighted by Gasteiger charge is 2.15. The Morgan fingerprint density at radius 2 is 1.90 bits per heavy atom. The lowest BCUT2D eigenvalue weighted by Gasteiger charge is -2.19. The second-order valence-electron chi connectivity index (χ2n) is 4.69. The normalized spacial score (nSPS) is 12.5. The first-order valence-electron chi connectivity index (χ1n) is 6.56. The molecule has 0 amide bonds. The van der Waals surface area contributed by atoms with Gasteiger partial charge in [-0.1, -0.05) is 41.9 Å². The summed E-state index contributed by atoms with van der Waals surface area (Å²) in [6, 6.07) is 18.3. The number of hydrogen-bond acceptors (Lipinski definition) is 2. The third-order valence-corrected chi connectivity index (χ3v) is 3.70. The molecule has 0 spiro atoms. The number of rotatable bonds is 3. The maximum Gasteiger partial charge on any atom is 0.0705 e. The van der Waals surface area contributed by atoms with Gasteiger partial charge in [-0.2, -0.15) is 0 Å². The molecular formula is C17H15ClN2. The minimum atomic E-state index is 0.0987. The summed E-state index contributed by atoms with van der Waals surface area (Å²) in [6.07, 6.45) is 1.85. The van der Waals surface area contributed by atoms with E-state index in [1.54, 1.807) is 0 Å². The molecule has 0 aliphatic heterocycles. The summed E-state index contributed by atoms with van der Waals surface area (Å²) in [6.45, 7) is 0. The van der Waals surface area contributed by atoms with Crippen LogP contribution in [0.15, 0.2) is 60.8 Å². The van der Waals surface area contributed by atoms with Gasteiger partial charge in [0.25, 0.3) is 0 Å². The fraction of sp³-hybridized carbons (Fsp3) is 0.118. The molecule has 1 heterocycles. The van der Waals surface area contributed by atoms with Gasteiger partial charge in [0.1, 0.15) is 0 Å². The lowest BCUT2D eigenvalue weighted by Crippen LogP contribution is -2.18. The molecule has 3 heteroatoms. The molecule has 1 unspecified atom stereocenters. The first-order chi connectivity index (χ1) is 9.79. The zero-order chi connectivity index (χ0) is 13.9. The van der Waals surface area contributed by atoms with Gasteiger partial charge >= 0.3 is 0 Å². The van der Waals surface area contributed by atoms with E-state index in [-0.39, 0.29) is 6.04 Å². The Bertz CT molecular complexity index is 734. The van der Waals surface area contributed by atoms with E-state index in [1.165, 1.54) is 5.56 Å². The molecule has 1 N–H and O–H groups in total. The smallest absolute Gasteiger partial charge is 0.0705 e. The van der Waals surface area contributed by atoms with Gasteiger partial charge in [-0.15, -0.1) is 0 Å². The van der Waals surface area contributed by atoms with Gasteiger partial charge < -0.3 is 5.32 Å². The van der Waals surface area contributed by atoms with E-state index in [9.17, 15) is 0 Å². The second-order valence-corrected chi connectivity index (χ2v) is 5.13. The molecule has 100 valence electrons. The average Bonchev–Trinajstić information content (AvgIpc) is 2.48. The van der Waals surface area contributed by atoms with Crippen molar-refractivity contribution >= 4 is 22.5 Å². The third kappa shape index (κ3) is 2.40. The van der Waals surface area contributed by atoms with Gasteiger partial charge in [0.2, 0.25) is 0 Å². The predicted molar refractivity (Wildman–Crippen MR) is 84.1 cm³/mol. The van der Waals surface area contributed by atoms with Crippen molar-refractivity contribution in [2.75, 3.05) is 7.05 Å². The van der Waals surface area contributed by atoms with Crippen molar-refractivity contribution in [2.24, 2.45) is 0 Å². The third-order valence-electron chi connectivity index (χ3n) is 3.46. The molecule has 0 bridgehead atoms. The Morgan fingerprint density at radius 3 is 2.70 bits per heavy atom. The molecule has 2 aromatic carbocycles. The van der Waals surface area contributed by atoms with Crippen LogP contribution in [-0.4, -0.2) is 12.0 Å². The van der Waals surface area contributed by atoms with Crippen LogP contribution in [-0.2, 0) is 0 Å². The number of nitrogens with zero attached hydrogens (tertiary/aromatic N) is 1. The number of para-hydroxylation sites is 1. The largest absolute Gasteiger partial charge is 0.309 e. The van der Waals surface area contributed by atoms with Crippen LogP contribution < -0.4 is 5.32 Å². The summed E-state index contributed by atoms with van der Waals surface area (Å²) in [5, 5.41) is 5.28. The number of nitrogens with one attached hydrogen (secondary N) is 1. The average molecular weight is 283 g/mol. The van der Waals surface area contributed by atoms with Gasteiger partial charge in [-0.25, -0.2) is 0 Å². The molecule has 0 saturated heterocycles. The van der Waals surface area contributed by atoms with Crippen LogP contribution in [0.3, 0.4) is 0 Å². The van der Waals surface area contributed by atoms with Crippen LogP contribution >= 0.6 is 11.6 Å². The molecule has 0 saturated carbocycles. The Labute approximate surface area is 123 Å². The van der Waals surface area contributed by atoms with Crippen molar-refractivity contribution in [2.45, 2.75) is 6.04 Å². The number of benzene rings is 2. The lowest BCUT2D eigenvalue weighted by atomic mass is 9.96. The summed E-state index contributed by atoms with van der Waals surface area (Å²) < 4.78 is 0. The Hall–Kier alpha value is -1.90. The molecule has 0 fully saturated rings. The topological polar surface area (TPSA) is 24.9 Å². The molecule has 20 heavy (non-hydrogen) atoms. The lowest BCUT2D eigenvalue weighted by molar-refractivity contribution is 0.696. The first kappa shape index (κ1) is 13.1. The highest BCUT2D eigenvalue weighted by atomic mass is 35.5. The SMILES string of the molecule is CNC(c1cccc(Cl)c1)c1ccnc2ccccc12. The van der Waals surface area contributed by atoms with Crippen LogP contribution in [0.1, 0.15) is 17.2 Å². The standard InChI is InChI=1S/C17H15ClN2/c1-19-17(12-5-4-6-13(18)11-12)15-9-10-20-16-8-3-2-7-14(15)16/h2-11,17,19H,1H3. The van der Waals surface area contributed by atoms with Gasteiger partial charge in [0, 0.05) is 16.6 Å². The molecule has 3 aromatic rings. The van der Waals surface area contributed by atoms with Gasteiger partial charge in [0.15, 0.2) is 0 Å². The van der Waals surface area contributed by atoms with Gasteiger partial charge in [-0.3, -0.25) is 4.98 Å². The summed E-state index contributed by atoms with van der Waals surface area (Å²) in [5.74, 6) is 0. The molecule has 0 radical (unpaired) electrons. The van der Waals surface area contributed by atoms with E-state index in [4.69, 9.17) is 11.6 Å². The number of aromatic nitrogens is 1. The second kappa shape index (κ2) is 5.61. The van der Waals surface area contributed by atoms with Crippen LogP contribution in [0, 0.1) is 0 Å². The zero-order valence-electron chi connectivity index (χ0n) is 11.2. The Balaban J connectivity index is 2.17. The van der Waals surface area contributed by atoms with Crippen LogP contribution in [0.2, 0.25) is 5.02 Å². The predicted octanol–water partition coefficient (Wildman–Crippen LogP) is 4.20. The molecule has 0 aliphatic carbocycles. The number of hydrogen-bond donors (Lipinski definition) is 1. The van der Waals surface area contributed by atoms with Crippen LogP contribution in [0.4, 0.5) is 0 Å². The Morgan fingerprint density at radius 1 is 1.05 bits per heavy atom. The molecule has 2 nitrogen and oxygen atoms in total. The fourth-order valence-corrected chi connectivity index (χ4v) is 2.76. The van der Waals surface area contributed by atoms with Crippen molar-refractivity contribution in [1.29, 1.82) is 0 Å². The minimum absolute atomic E-state index is 0.0987. The summed E-state index contributed by atoms with van der Waals surface area (Å²) >= 11 is 6.11. The molecule has 0 aliphatic rings. The monoisotopic (exact) mass is 282 g/mol. The van der Waals surface area contributed by atoms with Crippen molar-refractivity contribution in [3.8, 4) is 0 Å². The molecule has 1 atom stereocenters. The quantitative estimate of drug-likeness (QED) is 0.779. The van der Waals surface area contributed by atoms with E-state index in [2.05, 4.69) is 28.5 Å². The van der Waals surface area contributed by atoms with Crippen molar-refractivity contribution in [3.05, 3.63) is 76.9 Å². The molecule has 1 aromatic heterocycles. The van der Waals surface area contributed by atoms with E-state index in [0.29, 0.717) is 0 Å². The van der Waals surface area contributed by atoms with Gasteiger partial charge in [0.05, 0.1) is 11.6 Å². The maximum atomic E-state index is 6.11. The summed E-state index contributed by atoms with van der Waals surface area (Å²) in [4.78, 5) is 4.42. The minimum Gasteiger partial charge on any atom is -0.309 e. The summed E-state index contributed by atoms with van der Waals surface area (Å²) in [7, 11) is 1.96. The van der Waals surface area contributed by atoms with Crippen molar-refractivity contribution in [3.63, 3.8) is 0 Å². The number of fused-ring (bicyclic) bond motifs is 1. The van der Waals surface area contributed by atoms with E-state index >= 15 is 0 Å². The number of pyridine rings is 1. The van der Waals surface area contributed by atoms with E-state index in [0.717, 1.165) is 21.5 Å². The Kier molecular flexibility index (Phi) is 3.68. The molecular weight excluding hydrogens is 268 g/mol.